The minimum atomic E-state index is -0.472. The number of aromatic nitrogens is 2. The summed E-state index contributed by atoms with van der Waals surface area (Å²) in [5.41, 5.74) is 2.45. The number of thiocarbonyl (C=S) groups is 1. The van der Waals surface area contributed by atoms with Crippen molar-refractivity contribution in [3.05, 3.63) is 77.2 Å². The zero-order valence-corrected chi connectivity index (χ0v) is 16.2. The summed E-state index contributed by atoms with van der Waals surface area (Å²) in [5, 5.41) is 5.83. The number of nitrogens with zero attached hydrogens (tertiary/aromatic N) is 2. The number of fused-ring (bicyclic) bond motifs is 1. The second-order valence-corrected chi connectivity index (χ2v) is 6.77. The number of anilines is 1. The zero-order chi connectivity index (χ0) is 20.4. The Morgan fingerprint density at radius 2 is 1.93 bits per heavy atom. The summed E-state index contributed by atoms with van der Waals surface area (Å²) in [6.45, 7) is 0. The molecule has 0 saturated heterocycles. The molecular formula is C20H12ClFN4O2S. The monoisotopic (exact) mass is 426 g/mol. The Hall–Kier alpha value is -3.36. The van der Waals surface area contributed by atoms with Gasteiger partial charge in [0.15, 0.2) is 16.3 Å². The molecule has 0 fully saturated rings. The Kier molecular flexibility index (Phi) is 5.20. The summed E-state index contributed by atoms with van der Waals surface area (Å²) in [4.78, 5) is 20.7. The van der Waals surface area contributed by atoms with Gasteiger partial charge >= 0.3 is 0 Å². The van der Waals surface area contributed by atoms with Crippen molar-refractivity contribution >= 4 is 51.8 Å². The summed E-state index contributed by atoms with van der Waals surface area (Å²) in [6, 6.07) is 13.8. The lowest BCUT2D eigenvalue weighted by Gasteiger charge is -2.11. The van der Waals surface area contributed by atoms with Gasteiger partial charge in [-0.25, -0.2) is 9.37 Å². The molecular weight excluding hydrogens is 415 g/mol. The number of carbonyl (C=O) groups excluding carboxylic acids is 1. The molecule has 1 amide bonds. The van der Waals surface area contributed by atoms with Crippen molar-refractivity contribution in [3.63, 3.8) is 0 Å². The van der Waals surface area contributed by atoms with Crippen molar-refractivity contribution in [3.8, 4) is 11.5 Å². The molecule has 144 valence electrons. The lowest BCUT2D eigenvalue weighted by atomic mass is 10.2. The largest absolute Gasteiger partial charge is 0.434 e. The van der Waals surface area contributed by atoms with Gasteiger partial charge in [0.1, 0.15) is 5.82 Å². The van der Waals surface area contributed by atoms with Crippen LogP contribution in [0.3, 0.4) is 0 Å². The Bertz CT molecular complexity index is 1190. The maximum atomic E-state index is 13.0. The SMILES string of the molecule is O=C(NC(=S)Nc1cc(-c2nc3ncccc3o2)ccc1Cl)c1ccc(F)cc1. The molecule has 6 nitrogen and oxygen atoms in total. The van der Waals surface area contributed by atoms with E-state index in [9.17, 15) is 9.18 Å². The third kappa shape index (κ3) is 4.23. The number of amides is 1. The third-order valence-electron chi connectivity index (χ3n) is 3.96. The van der Waals surface area contributed by atoms with Gasteiger partial charge < -0.3 is 9.73 Å². The van der Waals surface area contributed by atoms with Crippen LogP contribution in [0.15, 0.2) is 65.2 Å². The Morgan fingerprint density at radius 1 is 1.14 bits per heavy atom. The van der Waals surface area contributed by atoms with E-state index >= 15 is 0 Å². The second kappa shape index (κ2) is 7.94. The number of benzene rings is 2. The number of rotatable bonds is 3. The van der Waals surface area contributed by atoms with E-state index in [0.717, 1.165) is 0 Å². The maximum absolute atomic E-state index is 13.0. The van der Waals surface area contributed by atoms with Crippen molar-refractivity contribution in [2.45, 2.75) is 0 Å². The first-order chi connectivity index (χ1) is 14.0. The molecule has 29 heavy (non-hydrogen) atoms. The highest BCUT2D eigenvalue weighted by Crippen LogP contribution is 2.30. The first-order valence-electron chi connectivity index (χ1n) is 8.39. The zero-order valence-electron chi connectivity index (χ0n) is 14.6. The summed E-state index contributed by atoms with van der Waals surface area (Å²) < 4.78 is 18.7. The quantitative estimate of drug-likeness (QED) is 0.458. The van der Waals surface area contributed by atoms with E-state index in [4.69, 9.17) is 28.2 Å². The molecule has 2 aromatic carbocycles. The number of carbonyl (C=O) groups is 1. The normalized spacial score (nSPS) is 10.7. The molecule has 0 radical (unpaired) electrons. The minimum Gasteiger partial charge on any atom is -0.434 e. The van der Waals surface area contributed by atoms with Gasteiger partial charge in [-0.15, -0.1) is 0 Å². The molecule has 0 aliphatic carbocycles. The molecule has 0 spiro atoms. The predicted octanol–water partition coefficient (Wildman–Crippen LogP) is 4.81. The molecule has 0 atom stereocenters. The van der Waals surface area contributed by atoms with Gasteiger partial charge in [0, 0.05) is 17.3 Å². The molecule has 0 bridgehead atoms. The van der Waals surface area contributed by atoms with Crippen LogP contribution < -0.4 is 10.6 Å². The number of hydrogen-bond donors (Lipinski definition) is 2. The average Bonchev–Trinajstić information content (AvgIpc) is 3.14. The Morgan fingerprint density at radius 3 is 2.69 bits per heavy atom. The molecule has 2 aromatic heterocycles. The predicted molar refractivity (Wildman–Crippen MR) is 112 cm³/mol. The van der Waals surface area contributed by atoms with Gasteiger partial charge in [0.25, 0.3) is 5.91 Å². The number of hydrogen-bond acceptors (Lipinski definition) is 5. The van der Waals surface area contributed by atoms with Crippen molar-refractivity contribution in [2.24, 2.45) is 0 Å². The van der Waals surface area contributed by atoms with Crippen LogP contribution in [-0.4, -0.2) is 21.0 Å². The van der Waals surface area contributed by atoms with Crippen LogP contribution in [0.25, 0.3) is 22.7 Å². The van der Waals surface area contributed by atoms with E-state index in [2.05, 4.69) is 20.6 Å². The Balaban J connectivity index is 1.52. The topological polar surface area (TPSA) is 80.0 Å². The van der Waals surface area contributed by atoms with Gasteiger partial charge in [0.05, 0.1) is 10.7 Å². The van der Waals surface area contributed by atoms with E-state index in [1.807, 2.05) is 0 Å². The number of nitrogens with one attached hydrogen (secondary N) is 2. The number of halogens is 2. The van der Waals surface area contributed by atoms with Gasteiger partial charge in [0.2, 0.25) is 5.89 Å². The molecule has 2 N–H and O–H groups in total. The Labute approximate surface area is 174 Å². The van der Waals surface area contributed by atoms with Gasteiger partial charge in [-0.3, -0.25) is 10.1 Å². The van der Waals surface area contributed by atoms with E-state index in [1.54, 1.807) is 36.5 Å². The minimum absolute atomic E-state index is 0.0395. The fourth-order valence-corrected chi connectivity index (χ4v) is 2.94. The summed E-state index contributed by atoms with van der Waals surface area (Å²) in [7, 11) is 0. The molecule has 0 aliphatic rings. The smallest absolute Gasteiger partial charge is 0.257 e. The van der Waals surface area contributed by atoms with E-state index in [1.165, 1.54) is 24.3 Å². The standard InChI is InChI=1S/C20H12ClFN4O2S/c21-14-8-5-12(19-25-17-16(28-19)2-1-9-23-17)10-15(14)24-20(29)26-18(27)11-3-6-13(22)7-4-11/h1-10H,(H2,24,26,27,29). The van der Waals surface area contributed by atoms with Crippen molar-refractivity contribution in [2.75, 3.05) is 5.32 Å². The molecule has 4 rings (SSSR count). The number of oxazole rings is 1. The van der Waals surface area contributed by atoms with Gasteiger partial charge in [-0.05, 0) is 66.8 Å². The molecule has 0 saturated carbocycles. The molecule has 2 heterocycles. The first kappa shape index (κ1) is 19.0. The summed E-state index contributed by atoms with van der Waals surface area (Å²) in [5.74, 6) is -0.528. The van der Waals surface area contributed by atoms with E-state index in [-0.39, 0.29) is 10.7 Å². The van der Waals surface area contributed by atoms with Crippen molar-refractivity contribution in [1.82, 2.24) is 15.3 Å². The van der Waals surface area contributed by atoms with Crippen LogP contribution in [0.4, 0.5) is 10.1 Å². The first-order valence-corrected chi connectivity index (χ1v) is 9.17. The molecule has 4 aromatic rings. The van der Waals surface area contributed by atoms with Crippen LogP contribution in [0.5, 0.6) is 0 Å². The highest BCUT2D eigenvalue weighted by Gasteiger charge is 2.13. The lowest BCUT2D eigenvalue weighted by molar-refractivity contribution is 0.0977. The molecule has 9 heteroatoms. The van der Waals surface area contributed by atoms with Crippen molar-refractivity contribution in [1.29, 1.82) is 0 Å². The summed E-state index contributed by atoms with van der Waals surface area (Å²) in [6.07, 6.45) is 1.63. The highest BCUT2D eigenvalue weighted by atomic mass is 35.5. The van der Waals surface area contributed by atoms with E-state index in [0.29, 0.717) is 33.4 Å². The highest BCUT2D eigenvalue weighted by molar-refractivity contribution is 7.80. The van der Waals surface area contributed by atoms with Gasteiger partial charge in [-0.2, -0.15) is 4.98 Å². The average molecular weight is 427 g/mol. The van der Waals surface area contributed by atoms with Crippen LogP contribution >= 0.6 is 23.8 Å². The maximum Gasteiger partial charge on any atom is 0.257 e. The van der Waals surface area contributed by atoms with Crippen LogP contribution in [-0.2, 0) is 0 Å². The van der Waals surface area contributed by atoms with Gasteiger partial charge in [-0.1, -0.05) is 11.6 Å². The van der Waals surface area contributed by atoms with Crippen molar-refractivity contribution < 1.29 is 13.6 Å². The molecule has 0 aliphatic heterocycles. The second-order valence-electron chi connectivity index (χ2n) is 5.95. The lowest BCUT2D eigenvalue weighted by Crippen LogP contribution is -2.34. The summed E-state index contributed by atoms with van der Waals surface area (Å²) >= 11 is 11.4. The van der Waals surface area contributed by atoms with Crippen LogP contribution in [0, 0.1) is 5.82 Å². The van der Waals surface area contributed by atoms with Crippen LogP contribution in [0.1, 0.15) is 10.4 Å². The third-order valence-corrected chi connectivity index (χ3v) is 4.49. The van der Waals surface area contributed by atoms with E-state index < -0.39 is 11.7 Å². The fourth-order valence-electron chi connectivity index (χ4n) is 2.58. The van der Waals surface area contributed by atoms with Crippen LogP contribution in [0.2, 0.25) is 5.02 Å². The fraction of sp³-hybridized carbons (Fsp3) is 0. The number of pyridine rings is 1. The molecule has 0 unspecified atom stereocenters.